The zero-order valence-corrected chi connectivity index (χ0v) is 7.22. The van der Waals surface area contributed by atoms with Crippen LogP contribution in [0.2, 0.25) is 0 Å². The van der Waals surface area contributed by atoms with Crippen molar-refractivity contribution < 1.29 is 4.92 Å². The normalized spacial score (nSPS) is 10.6. The summed E-state index contributed by atoms with van der Waals surface area (Å²) in [6.45, 7) is 1.67. The summed E-state index contributed by atoms with van der Waals surface area (Å²) < 4.78 is 1.12. The van der Waals surface area contributed by atoms with Gasteiger partial charge in [0.05, 0.1) is 4.92 Å². The maximum Gasteiger partial charge on any atom is 0.347 e. The lowest BCUT2D eigenvalue weighted by Crippen LogP contribution is -2.09. The summed E-state index contributed by atoms with van der Waals surface area (Å²) in [5.74, 6) is 0. The van der Waals surface area contributed by atoms with Crippen LogP contribution in [0.1, 0.15) is 5.56 Å². The molecule has 0 amide bonds. The molecule has 2 heterocycles. The number of hydrogen-bond acceptors (Lipinski definition) is 4. The second-order valence-electron chi connectivity index (χ2n) is 2.88. The fourth-order valence-corrected chi connectivity index (χ4v) is 1.26. The van der Waals surface area contributed by atoms with Crippen LogP contribution in [0.3, 0.4) is 0 Å². The summed E-state index contributed by atoms with van der Waals surface area (Å²) in [5.41, 5.74) is 0.00782. The molecule has 1 N–H and O–H groups in total. The number of hydrogen-bond donors (Lipinski definition) is 1. The Bertz CT molecular complexity index is 568. The molecule has 0 unspecified atom stereocenters. The standard InChI is InChI=1S/C7H6N4O3/c1-4-2-5(11(13)14)6-8-9-7(12)10(6)3-4/h2-3H,1H3,(H,9,12). The van der Waals surface area contributed by atoms with E-state index in [4.69, 9.17) is 0 Å². The summed E-state index contributed by atoms with van der Waals surface area (Å²) in [7, 11) is 0. The van der Waals surface area contributed by atoms with E-state index in [9.17, 15) is 14.9 Å². The van der Waals surface area contributed by atoms with Crippen molar-refractivity contribution in [3.63, 3.8) is 0 Å². The van der Waals surface area contributed by atoms with Crippen molar-refractivity contribution in [3.8, 4) is 0 Å². The van der Waals surface area contributed by atoms with Gasteiger partial charge in [0.15, 0.2) is 0 Å². The Hall–Kier alpha value is -2.18. The highest BCUT2D eigenvalue weighted by Crippen LogP contribution is 2.17. The first-order valence-electron chi connectivity index (χ1n) is 3.81. The molecular weight excluding hydrogens is 188 g/mol. The number of H-pyrrole nitrogens is 1. The van der Waals surface area contributed by atoms with Crippen molar-refractivity contribution >= 4 is 11.3 Å². The van der Waals surface area contributed by atoms with Crippen LogP contribution in [0.4, 0.5) is 5.69 Å². The van der Waals surface area contributed by atoms with Gasteiger partial charge < -0.3 is 0 Å². The van der Waals surface area contributed by atoms with Crippen molar-refractivity contribution in [2.24, 2.45) is 0 Å². The molecule has 7 nitrogen and oxygen atoms in total. The van der Waals surface area contributed by atoms with Crippen molar-refractivity contribution in [2.75, 3.05) is 0 Å². The Morgan fingerprint density at radius 2 is 2.36 bits per heavy atom. The Morgan fingerprint density at radius 3 is 3.00 bits per heavy atom. The molecule has 0 saturated heterocycles. The molecule has 14 heavy (non-hydrogen) atoms. The van der Waals surface area contributed by atoms with E-state index in [2.05, 4.69) is 10.2 Å². The molecule has 0 bridgehead atoms. The largest absolute Gasteiger partial charge is 0.347 e. The topological polar surface area (TPSA) is 93.3 Å². The van der Waals surface area contributed by atoms with E-state index in [1.54, 1.807) is 6.92 Å². The molecule has 72 valence electrons. The van der Waals surface area contributed by atoms with Gasteiger partial charge in [0, 0.05) is 12.3 Å². The van der Waals surface area contributed by atoms with E-state index >= 15 is 0 Å². The zero-order chi connectivity index (χ0) is 10.3. The Morgan fingerprint density at radius 1 is 1.64 bits per heavy atom. The third-order valence-electron chi connectivity index (χ3n) is 1.83. The molecular formula is C7H6N4O3. The van der Waals surface area contributed by atoms with E-state index in [-0.39, 0.29) is 11.3 Å². The minimum absolute atomic E-state index is 0.0330. The van der Waals surface area contributed by atoms with Gasteiger partial charge >= 0.3 is 11.4 Å². The van der Waals surface area contributed by atoms with E-state index in [1.165, 1.54) is 12.3 Å². The minimum atomic E-state index is -0.567. The number of fused-ring (bicyclic) bond motifs is 1. The molecule has 0 aliphatic heterocycles. The lowest BCUT2D eigenvalue weighted by Gasteiger charge is -1.95. The lowest BCUT2D eigenvalue weighted by atomic mass is 10.3. The number of aryl methyl sites for hydroxylation is 1. The molecule has 7 heteroatoms. The SMILES string of the molecule is Cc1cc([N+](=O)[O-])c2n[nH]c(=O)n2c1. The molecule has 2 rings (SSSR count). The van der Waals surface area contributed by atoms with Crippen LogP contribution in [0.15, 0.2) is 17.1 Å². The van der Waals surface area contributed by atoms with Crippen LogP contribution in [-0.4, -0.2) is 19.5 Å². The highest BCUT2D eigenvalue weighted by atomic mass is 16.6. The van der Waals surface area contributed by atoms with Gasteiger partial charge in [0.25, 0.3) is 0 Å². The predicted molar refractivity (Wildman–Crippen MR) is 47.2 cm³/mol. The van der Waals surface area contributed by atoms with Crippen LogP contribution < -0.4 is 5.69 Å². The van der Waals surface area contributed by atoms with Crippen molar-refractivity contribution in [3.05, 3.63) is 38.4 Å². The van der Waals surface area contributed by atoms with E-state index in [1.807, 2.05) is 0 Å². The molecule has 0 radical (unpaired) electrons. The number of nitrogens with one attached hydrogen (secondary N) is 1. The average Bonchev–Trinajstić information content (AvgIpc) is 2.47. The smallest absolute Gasteiger partial charge is 0.258 e. The third-order valence-corrected chi connectivity index (χ3v) is 1.83. The van der Waals surface area contributed by atoms with Gasteiger partial charge in [-0.15, -0.1) is 5.10 Å². The Labute approximate surface area is 77.1 Å². The van der Waals surface area contributed by atoms with Crippen LogP contribution in [0.25, 0.3) is 5.65 Å². The summed E-state index contributed by atoms with van der Waals surface area (Å²) in [4.78, 5) is 21.2. The molecule has 2 aromatic rings. The molecule has 0 aliphatic rings. The molecule has 0 fully saturated rings. The van der Waals surface area contributed by atoms with Gasteiger partial charge in [0.2, 0.25) is 5.65 Å². The molecule has 2 aromatic heterocycles. The van der Waals surface area contributed by atoms with Gasteiger partial charge in [-0.05, 0) is 12.5 Å². The number of rotatable bonds is 1. The summed E-state index contributed by atoms with van der Waals surface area (Å²) in [5, 5.41) is 16.3. The van der Waals surface area contributed by atoms with Gasteiger partial charge in [-0.1, -0.05) is 0 Å². The number of aromatic amines is 1. The number of nitrogens with zero attached hydrogens (tertiary/aromatic N) is 3. The second kappa shape index (κ2) is 2.66. The first-order chi connectivity index (χ1) is 6.59. The van der Waals surface area contributed by atoms with Crippen LogP contribution >= 0.6 is 0 Å². The first kappa shape index (κ1) is 8.42. The molecule has 0 saturated carbocycles. The monoisotopic (exact) mass is 194 g/mol. The quantitative estimate of drug-likeness (QED) is 0.519. The predicted octanol–water partition coefficient (Wildman–Crippen LogP) is 0.239. The van der Waals surface area contributed by atoms with Crippen LogP contribution in [0, 0.1) is 17.0 Å². The molecule has 0 aliphatic carbocycles. The molecule has 0 aromatic carbocycles. The minimum Gasteiger partial charge on any atom is -0.258 e. The summed E-state index contributed by atoms with van der Waals surface area (Å²) in [6, 6.07) is 1.37. The maximum atomic E-state index is 11.1. The number of aromatic nitrogens is 3. The van der Waals surface area contributed by atoms with Crippen LogP contribution in [-0.2, 0) is 0 Å². The summed E-state index contributed by atoms with van der Waals surface area (Å²) >= 11 is 0. The van der Waals surface area contributed by atoms with Gasteiger partial charge in [-0.25, -0.2) is 14.3 Å². The number of nitro groups is 1. The van der Waals surface area contributed by atoms with Crippen LogP contribution in [0.5, 0.6) is 0 Å². The van der Waals surface area contributed by atoms with E-state index in [0.29, 0.717) is 5.56 Å². The maximum absolute atomic E-state index is 11.1. The van der Waals surface area contributed by atoms with Gasteiger partial charge in [0.1, 0.15) is 0 Å². The van der Waals surface area contributed by atoms with Crippen molar-refractivity contribution in [2.45, 2.75) is 6.92 Å². The second-order valence-corrected chi connectivity index (χ2v) is 2.88. The van der Waals surface area contributed by atoms with Crippen molar-refractivity contribution in [1.82, 2.24) is 14.6 Å². The lowest BCUT2D eigenvalue weighted by molar-refractivity contribution is -0.383. The Kier molecular flexibility index (Phi) is 1.60. The van der Waals surface area contributed by atoms with E-state index in [0.717, 1.165) is 4.40 Å². The zero-order valence-electron chi connectivity index (χ0n) is 7.22. The summed E-state index contributed by atoms with van der Waals surface area (Å²) in [6.07, 6.45) is 1.49. The average molecular weight is 194 g/mol. The third kappa shape index (κ3) is 1.06. The highest BCUT2D eigenvalue weighted by molar-refractivity contribution is 5.59. The fraction of sp³-hybridized carbons (Fsp3) is 0.143. The van der Waals surface area contributed by atoms with Gasteiger partial charge in [-0.3, -0.25) is 10.1 Å². The number of pyridine rings is 1. The fourth-order valence-electron chi connectivity index (χ4n) is 1.26. The highest BCUT2D eigenvalue weighted by Gasteiger charge is 2.16. The Balaban J connectivity index is 2.95. The molecule has 0 atom stereocenters. The van der Waals surface area contributed by atoms with Crippen molar-refractivity contribution in [1.29, 1.82) is 0 Å². The molecule has 0 spiro atoms. The van der Waals surface area contributed by atoms with E-state index < -0.39 is 10.6 Å². The van der Waals surface area contributed by atoms with Gasteiger partial charge in [-0.2, -0.15) is 0 Å². The first-order valence-corrected chi connectivity index (χ1v) is 3.81.